The maximum Gasteiger partial charge on any atom is 0.416 e. The number of halogens is 3. The van der Waals surface area contributed by atoms with Gasteiger partial charge in [0.25, 0.3) is 0 Å². The minimum absolute atomic E-state index is 0.0835. The first kappa shape index (κ1) is 18.5. The van der Waals surface area contributed by atoms with Crippen LogP contribution in [0.4, 0.5) is 13.2 Å². The minimum atomic E-state index is -4.35. The van der Waals surface area contributed by atoms with E-state index < -0.39 is 11.7 Å². The Morgan fingerprint density at radius 1 is 1.38 bits per heavy atom. The van der Waals surface area contributed by atoms with Gasteiger partial charge in [-0.25, -0.2) is 0 Å². The number of ether oxygens (including phenoxy) is 1. The number of amides is 1. The molecule has 8 heteroatoms. The maximum absolute atomic E-state index is 12.4. The number of carbonyl (C=O) groups is 1. The second-order valence-electron chi connectivity index (χ2n) is 5.74. The van der Waals surface area contributed by atoms with Crippen molar-refractivity contribution in [2.45, 2.75) is 19.1 Å². The van der Waals surface area contributed by atoms with E-state index in [1.807, 2.05) is 0 Å². The number of alkyl halides is 3. The van der Waals surface area contributed by atoms with E-state index in [1.165, 1.54) is 12.1 Å². The predicted octanol–water partition coefficient (Wildman–Crippen LogP) is 1.49. The minimum Gasteiger partial charge on any atom is -0.492 e. The fourth-order valence-electron chi connectivity index (χ4n) is 2.46. The molecule has 0 saturated carbocycles. The molecule has 134 valence electrons. The SMILES string of the molecule is C[C@@H]1CNCCN1CC(=O)NCCOc1ccc(C(F)(F)F)cc1. The second kappa shape index (κ2) is 8.34. The van der Waals surface area contributed by atoms with Gasteiger partial charge in [-0.3, -0.25) is 9.69 Å². The molecule has 0 bridgehead atoms. The van der Waals surface area contributed by atoms with Crippen molar-refractivity contribution in [2.75, 3.05) is 39.3 Å². The summed E-state index contributed by atoms with van der Waals surface area (Å²) in [7, 11) is 0. The number of hydrogen-bond donors (Lipinski definition) is 2. The molecule has 0 radical (unpaired) electrons. The highest BCUT2D eigenvalue weighted by Crippen LogP contribution is 2.30. The van der Waals surface area contributed by atoms with Gasteiger partial charge in [0, 0.05) is 25.7 Å². The third-order valence-electron chi connectivity index (χ3n) is 3.86. The molecule has 1 saturated heterocycles. The summed E-state index contributed by atoms with van der Waals surface area (Å²) in [4.78, 5) is 14.0. The Labute approximate surface area is 139 Å². The van der Waals surface area contributed by atoms with Crippen molar-refractivity contribution < 1.29 is 22.7 Å². The van der Waals surface area contributed by atoms with Gasteiger partial charge in [0.1, 0.15) is 12.4 Å². The number of piperazine rings is 1. The number of nitrogens with zero attached hydrogens (tertiary/aromatic N) is 1. The average molecular weight is 345 g/mol. The van der Waals surface area contributed by atoms with Crippen molar-refractivity contribution in [1.29, 1.82) is 0 Å². The molecule has 1 aliphatic heterocycles. The zero-order chi connectivity index (χ0) is 17.6. The molecule has 1 aromatic carbocycles. The van der Waals surface area contributed by atoms with Crippen LogP contribution in [0, 0.1) is 0 Å². The van der Waals surface area contributed by atoms with Gasteiger partial charge in [0.05, 0.1) is 18.7 Å². The van der Waals surface area contributed by atoms with E-state index in [9.17, 15) is 18.0 Å². The first-order valence-corrected chi connectivity index (χ1v) is 7.88. The highest BCUT2D eigenvalue weighted by Gasteiger charge is 2.30. The van der Waals surface area contributed by atoms with Gasteiger partial charge in [-0.15, -0.1) is 0 Å². The first-order chi connectivity index (χ1) is 11.4. The highest BCUT2D eigenvalue weighted by atomic mass is 19.4. The molecule has 0 spiro atoms. The van der Waals surface area contributed by atoms with Gasteiger partial charge < -0.3 is 15.4 Å². The molecule has 2 N–H and O–H groups in total. The summed E-state index contributed by atoms with van der Waals surface area (Å²) in [6.07, 6.45) is -4.35. The summed E-state index contributed by atoms with van der Waals surface area (Å²) in [5, 5.41) is 6.01. The molecule has 2 rings (SSSR count). The van der Waals surface area contributed by atoms with E-state index in [4.69, 9.17) is 4.74 Å². The number of carbonyl (C=O) groups excluding carboxylic acids is 1. The lowest BCUT2D eigenvalue weighted by molar-refractivity contribution is -0.137. The van der Waals surface area contributed by atoms with Crippen LogP contribution in [0.1, 0.15) is 12.5 Å². The molecule has 1 fully saturated rings. The van der Waals surface area contributed by atoms with Crippen molar-refractivity contribution in [2.24, 2.45) is 0 Å². The maximum atomic E-state index is 12.4. The lowest BCUT2D eigenvalue weighted by atomic mass is 10.2. The quantitative estimate of drug-likeness (QED) is 0.767. The molecule has 5 nitrogen and oxygen atoms in total. The molecular formula is C16H22F3N3O2. The normalized spacial score (nSPS) is 19.1. The van der Waals surface area contributed by atoms with Crippen molar-refractivity contribution in [3.8, 4) is 5.75 Å². The summed E-state index contributed by atoms with van der Waals surface area (Å²) in [5.74, 6) is 0.257. The van der Waals surface area contributed by atoms with Crippen LogP contribution < -0.4 is 15.4 Å². The number of hydrogen-bond acceptors (Lipinski definition) is 4. The van der Waals surface area contributed by atoms with Crippen LogP contribution in [0.2, 0.25) is 0 Å². The Morgan fingerprint density at radius 2 is 2.08 bits per heavy atom. The Kier molecular flexibility index (Phi) is 6.44. The molecule has 24 heavy (non-hydrogen) atoms. The Hall–Kier alpha value is -1.80. The van der Waals surface area contributed by atoms with Gasteiger partial charge in [-0.2, -0.15) is 13.2 Å². The smallest absolute Gasteiger partial charge is 0.416 e. The van der Waals surface area contributed by atoms with Crippen molar-refractivity contribution in [3.63, 3.8) is 0 Å². The standard InChI is InChI=1S/C16H22F3N3O2/c1-12-10-20-6-8-22(12)11-15(23)21-7-9-24-14-4-2-13(3-5-14)16(17,18)19/h2-5,12,20H,6-11H2,1H3,(H,21,23)/t12-/m1/s1. The van der Waals surface area contributed by atoms with Gasteiger partial charge in [-0.05, 0) is 31.2 Å². The van der Waals surface area contributed by atoms with Crippen LogP contribution in [0.3, 0.4) is 0 Å². The van der Waals surface area contributed by atoms with Crippen LogP contribution in [0.25, 0.3) is 0 Å². The summed E-state index contributed by atoms with van der Waals surface area (Å²) >= 11 is 0. The summed E-state index contributed by atoms with van der Waals surface area (Å²) in [5.41, 5.74) is -0.715. The van der Waals surface area contributed by atoms with Crippen molar-refractivity contribution >= 4 is 5.91 Å². The zero-order valence-corrected chi connectivity index (χ0v) is 13.5. The van der Waals surface area contributed by atoms with Crippen LogP contribution >= 0.6 is 0 Å². The molecule has 1 amide bonds. The lowest BCUT2D eigenvalue weighted by Gasteiger charge is -2.33. The van der Waals surface area contributed by atoms with Crippen molar-refractivity contribution in [1.82, 2.24) is 15.5 Å². The van der Waals surface area contributed by atoms with Crippen LogP contribution in [-0.2, 0) is 11.0 Å². The topological polar surface area (TPSA) is 53.6 Å². The summed E-state index contributed by atoms with van der Waals surface area (Å²) < 4.78 is 42.6. The van der Waals surface area contributed by atoms with E-state index in [1.54, 1.807) is 0 Å². The largest absolute Gasteiger partial charge is 0.492 e. The summed E-state index contributed by atoms with van der Waals surface area (Å²) in [6.45, 7) is 5.47. The van der Waals surface area contributed by atoms with E-state index >= 15 is 0 Å². The van der Waals surface area contributed by atoms with E-state index in [-0.39, 0.29) is 12.5 Å². The van der Waals surface area contributed by atoms with Gasteiger partial charge >= 0.3 is 6.18 Å². The van der Waals surface area contributed by atoms with Gasteiger partial charge in [0.2, 0.25) is 5.91 Å². The number of rotatable bonds is 6. The fraction of sp³-hybridized carbons (Fsp3) is 0.562. The van der Waals surface area contributed by atoms with Crippen molar-refractivity contribution in [3.05, 3.63) is 29.8 Å². The second-order valence-corrected chi connectivity index (χ2v) is 5.74. The molecule has 0 aromatic heterocycles. The Bertz CT molecular complexity index is 534. The number of benzene rings is 1. The van der Waals surface area contributed by atoms with Crippen LogP contribution in [-0.4, -0.2) is 56.2 Å². The van der Waals surface area contributed by atoms with E-state index in [0.717, 1.165) is 31.8 Å². The fourth-order valence-corrected chi connectivity index (χ4v) is 2.46. The number of nitrogens with one attached hydrogen (secondary N) is 2. The molecule has 1 heterocycles. The third-order valence-corrected chi connectivity index (χ3v) is 3.86. The predicted molar refractivity (Wildman–Crippen MR) is 83.9 cm³/mol. The lowest BCUT2D eigenvalue weighted by Crippen LogP contribution is -2.52. The molecular weight excluding hydrogens is 323 g/mol. The molecule has 1 aromatic rings. The first-order valence-electron chi connectivity index (χ1n) is 7.88. The molecule has 1 aliphatic rings. The Morgan fingerprint density at radius 3 is 2.71 bits per heavy atom. The zero-order valence-electron chi connectivity index (χ0n) is 13.5. The summed E-state index contributed by atoms with van der Waals surface area (Å²) in [6, 6.07) is 4.80. The average Bonchev–Trinajstić information content (AvgIpc) is 2.53. The highest BCUT2D eigenvalue weighted by molar-refractivity contribution is 5.78. The third kappa shape index (κ3) is 5.68. The van der Waals surface area contributed by atoms with Crippen LogP contribution in [0.15, 0.2) is 24.3 Å². The van der Waals surface area contributed by atoms with Gasteiger partial charge in [0.15, 0.2) is 0 Å². The Balaban J connectivity index is 1.66. The molecule has 0 aliphatic carbocycles. The van der Waals surface area contributed by atoms with E-state index in [0.29, 0.717) is 24.9 Å². The molecule has 0 unspecified atom stereocenters. The van der Waals surface area contributed by atoms with Crippen LogP contribution in [0.5, 0.6) is 5.75 Å². The monoisotopic (exact) mass is 345 g/mol. The van der Waals surface area contributed by atoms with E-state index in [2.05, 4.69) is 22.5 Å². The molecule has 1 atom stereocenters. The van der Waals surface area contributed by atoms with Gasteiger partial charge in [-0.1, -0.05) is 0 Å².